The minimum absolute atomic E-state index is 0.863. The van der Waals surface area contributed by atoms with Gasteiger partial charge < -0.3 is 18.0 Å². The summed E-state index contributed by atoms with van der Waals surface area (Å²) in [6.07, 6.45) is 0. The molecule has 13 aromatic carbocycles. The highest BCUT2D eigenvalue weighted by Gasteiger charge is 2.26. The van der Waals surface area contributed by atoms with Crippen molar-refractivity contribution in [3.63, 3.8) is 0 Å². The van der Waals surface area contributed by atoms with Gasteiger partial charge in [0.2, 0.25) is 0 Å². The van der Waals surface area contributed by atoms with Crippen molar-refractivity contribution in [3.8, 4) is 44.8 Å². The van der Waals surface area contributed by atoms with Crippen LogP contribution in [0.5, 0.6) is 0 Å². The lowest BCUT2D eigenvalue weighted by molar-refractivity contribution is 0.671. The second-order valence-electron chi connectivity index (χ2n) is 20.2. The molecule has 340 valence electrons. The van der Waals surface area contributed by atoms with Crippen molar-refractivity contribution in [2.24, 2.45) is 0 Å². The first-order valence-electron chi connectivity index (χ1n) is 25.5. The molecule has 0 unspecified atom stereocenters. The van der Waals surface area contributed by atoms with Crippen LogP contribution in [0.3, 0.4) is 0 Å². The molecule has 0 bridgehead atoms. The number of benzene rings is 13. The number of hydrogen-bond donors (Lipinski definition) is 0. The average molecular weight is 939 g/mol. The Morgan fingerprint density at radius 3 is 1.49 bits per heavy atom. The molecular formula is C70H38N2O2. The van der Waals surface area contributed by atoms with Gasteiger partial charge in [-0.1, -0.05) is 158 Å². The Balaban J connectivity index is 0.802. The highest BCUT2D eigenvalue weighted by Crippen LogP contribution is 2.50. The topological polar surface area (TPSA) is 36.1 Å². The van der Waals surface area contributed by atoms with E-state index in [1.165, 1.54) is 87.2 Å². The summed E-state index contributed by atoms with van der Waals surface area (Å²) < 4.78 is 18.8. The van der Waals surface area contributed by atoms with E-state index in [0.29, 0.717) is 0 Å². The van der Waals surface area contributed by atoms with Gasteiger partial charge in [-0.3, -0.25) is 0 Å². The van der Waals surface area contributed by atoms with Crippen LogP contribution in [0, 0.1) is 0 Å². The summed E-state index contributed by atoms with van der Waals surface area (Å²) in [6, 6.07) is 84.6. The third kappa shape index (κ3) is 4.92. The molecular weight excluding hydrogens is 901 g/mol. The molecule has 0 amide bonds. The molecule has 4 nitrogen and oxygen atoms in total. The molecule has 0 N–H and O–H groups in total. The Morgan fingerprint density at radius 2 is 0.770 bits per heavy atom. The van der Waals surface area contributed by atoms with Gasteiger partial charge in [-0.2, -0.15) is 0 Å². The standard InChI is InChI=1S/C70H38N2O2/c1-2-14-44-42(12-1)43-13-3-6-17-47(43)57-38-41(26-27-48(44)57)71-60-22-9-7-18-49(60)52-28-29-54-59-37-40(25-35-65(59)74-70(54)68(52)71)39-24-34-64-58(36-39)53-31-33-63-67(69(53)73-64)56-19-8-10-23-61(56)72(63)62-32-30-51-46-16-5-4-15-45(46)50-20-11-21-55(62)66(50)51/h1-38H. The number of furan rings is 2. The van der Waals surface area contributed by atoms with Gasteiger partial charge in [0.25, 0.3) is 0 Å². The Labute approximate surface area is 421 Å². The lowest BCUT2D eigenvalue weighted by Crippen LogP contribution is -1.95. The number of nitrogens with zero attached hydrogens (tertiary/aromatic N) is 2. The average Bonchev–Trinajstić information content (AvgIpc) is 4.29. The predicted molar refractivity (Wildman–Crippen MR) is 310 cm³/mol. The Bertz CT molecular complexity index is 5320. The molecule has 74 heavy (non-hydrogen) atoms. The highest BCUT2D eigenvalue weighted by atomic mass is 16.3. The minimum atomic E-state index is 0.863. The quantitative estimate of drug-likeness (QED) is 0.166. The maximum atomic E-state index is 7.00. The molecule has 4 heteroatoms. The van der Waals surface area contributed by atoms with E-state index >= 15 is 0 Å². The van der Waals surface area contributed by atoms with Gasteiger partial charge in [-0.05, 0) is 144 Å². The van der Waals surface area contributed by atoms with Gasteiger partial charge >= 0.3 is 0 Å². The van der Waals surface area contributed by atoms with E-state index in [4.69, 9.17) is 8.83 Å². The minimum Gasteiger partial charge on any atom is -0.455 e. The van der Waals surface area contributed by atoms with Crippen molar-refractivity contribution in [3.05, 3.63) is 231 Å². The lowest BCUT2D eigenvalue weighted by atomic mass is 9.94. The summed E-state index contributed by atoms with van der Waals surface area (Å²) in [7, 11) is 0. The molecule has 1 aliphatic rings. The van der Waals surface area contributed by atoms with Crippen molar-refractivity contribution in [1.82, 2.24) is 9.13 Å². The molecule has 0 radical (unpaired) electrons. The normalized spacial score (nSPS) is 12.6. The summed E-state index contributed by atoms with van der Waals surface area (Å²) in [6.45, 7) is 0. The zero-order valence-electron chi connectivity index (χ0n) is 39.7. The van der Waals surface area contributed by atoms with Crippen LogP contribution in [0.2, 0.25) is 0 Å². The van der Waals surface area contributed by atoms with Gasteiger partial charge in [0.1, 0.15) is 16.7 Å². The van der Waals surface area contributed by atoms with E-state index in [1.54, 1.807) is 0 Å². The Kier molecular flexibility index (Phi) is 7.31. The lowest BCUT2D eigenvalue weighted by Gasteiger charge is -2.13. The first-order valence-corrected chi connectivity index (χ1v) is 25.5. The zero-order valence-corrected chi connectivity index (χ0v) is 39.7. The second kappa shape index (κ2) is 13.9. The van der Waals surface area contributed by atoms with E-state index in [9.17, 15) is 0 Å². The Hall–Kier alpha value is -9.90. The highest BCUT2D eigenvalue weighted by molar-refractivity contribution is 6.28. The fraction of sp³-hybridized carbons (Fsp3) is 0. The van der Waals surface area contributed by atoms with Crippen LogP contribution in [-0.4, -0.2) is 9.13 Å². The molecule has 17 aromatic rings. The molecule has 0 fully saturated rings. The summed E-state index contributed by atoms with van der Waals surface area (Å²) in [5, 5.41) is 19.2. The molecule has 1 aliphatic carbocycles. The third-order valence-corrected chi connectivity index (χ3v) is 16.6. The van der Waals surface area contributed by atoms with Gasteiger partial charge in [0, 0.05) is 48.8 Å². The maximum absolute atomic E-state index is 7.00. The smallest absolute Gasteiger partial charge is 0.160 e. The first-order chi connectivity index (χ1) is 36.7. The summed E-state index contributed by atoms with van der Waals surface area (Å²) in [5.41, 5.74) is 17.8. The Morgan fingerprint density at radius 1 is 0.257 bits per heavy atom. The molecule has 18 rings (SSSR count). The van der Waals surface area contributed by atoms with Crippen molar-refractivity contribution in [2.75, 3.05) is 0 Å². The van der Waals surface area contributed by atoms with Gasteiger partial charge in [0.15, 0.2) is 5.58 Å². The maximum Gasteiger partial charge on any atom is 0.160 e. The molecule has 0 saturated heterocycles. The molecule has 4 heterocycles. The molecule has 0 aliphatic heterocycles. The fourth-order valence-electron chi connectivity index (χ4n) is 13.5. The zero-order chi connectivity index (χ0) is 47.9. The summed E-state index contributed by atoms with van der Waals surface area (Å²) >= 11 is 0. The number of aromatic nitrogens is 2. The van der Waals surface area contributed by atoms with Crippen LogP contribution in [0.4, 0.5) is 0 Å². The van der Waals surface area contributed by atoms with Crippen LogP contribution in [0.15, 0.2) is 239 Å². The van der Waals surface area contributed by atoms with Crippen molar-refractivity contribution >= 4 is 131 Å². The summed E-state index contributed by atoms with van der Waals surface area (Å²) in [5.74, 6) is 0. The van der Waals surface area contributed by atoms with Gasteiger partial charge in [-0.25, -0.2) is 0 Å². The van der Waals surface area contributed by atoms with E-state index in [2.05, 4.69) is 240 Å². The number of rotatable bonds is 3. The van der Waals surface area contributed by atoms with Crippen LogP contribution in [-0.2, 0) is 0 Å². The van der Waals surface area contributed by atoms with Crippen molar-refractivity contribution < 1.29 is 8.83 Å². The van der Waals surface area contributed by atoms with Crippen molar-refractivity contribution in [1.29, 1.82) is 0 Å². The predicted octanol–water partition coefficient (Wildman–Crippen LogP) is 19.6. The van der Waals surface area contributed by atoms with Crippen LogP contribution in [0.25, 0.3) is 175 Å². The largest absolute Gasteiger partial charge is 0.455 e. The number of hydrogen-bond acceptors (Lipinski definition) is 2. The van der Waals surface area contributed by atoms with Crippen LogP contribution >= 0.6 is 0 Å². The SMILES string of the molecule is c1ccc2c(c1)-c1cccc3c(-n4c5ccccc5c5c6oc7ccc(-c8ccc9oc%10c(ccc%11c%12ccccc%12n(-c%12ccc%13c%14ccccc%14c%14ccccc%14c%13c%12)c%11%10)c9c8)cc7c6ccc54)ccc-2c13. The molecule has 0 saturated carbocycles. The van der Waals surface area contributed by atoms with Crippen LogP contribution in [0.1, 0.15) is 0 Å². The third-order valence-electron chi connectivity index (χ3n) is 16.6. The summed E-state index contributed by atoms with van der Waals surface area (Å²) in [4.78, 5) is 0. The van der Waals surface area contributed by atoms with E-state index in [0.717, 1.165) is 88.1 Å². The number of fused-ring (bicyclic) bond motifs is 23. The van der Waals surface area contributed by atoms with E-state index in [1.807, 2.05) is 0 Å². The van der Waals surface area contributed by atoms with E-state index < -0.39 is 0 Å². The van der Waals surface area contributed by atoms with E-state index in [-0.39, 0.29) is 0 Å². The monoisotopic (exact) mass is 938 g/mol. The number of para-hydroxylation sites is 2. The molecule has 0 spiro atoms. The first kappa shape index (κ1) is 38.8. The van der Waals surface area contributed by atoms with Gasteiger partial charge in [0.05, 0.1) is 33.1 Å². The fourth-order valence-corrected chi connectivity index (χ4v) is 13.5. The molecule has 0 atom stereocenters. The van der Waals surface area contributed by atoms with Crippen molar-refractivity contribution in [2.45, 2.75) is 0 Å². The second-order valence-corrected chi connectivity index (χ2v) is 20.2. The van der Waals surface area contributed by atoms with Gasteiger partial charge in [-0.15, -0.1) is 0 Å². The molecule has 4 aromatic heterocycles. The van der Waals surface area contributed by atoms with Crippen LogP contribution < -0.4 is 0 Å².